The van der Waals surface area contributed by atoms with Gasteiger partial charge in [-0.25, -0.2) is 0 Å². The third-order valence-electron chi connectivity index (χ3n) is 11.9. The Morgan fingerprint density at radius 1 is 0.684 bits per heavy atom. The fourth-order valence-corrected chi connectivity index (χ4v) is 8.16. The Kier molecular flexibility index (Phi) is 16.3. The van der Waals surface area contributed by atoms with Gasteiger partial charge in [0.15, 0.2) is 5.78 Å². The summed E-state index contributed by atoms with van der Waals surface area (Å²) in [5.41, 5.74) is 14.4. The summed E-state index contributed by atoms with van der Waals surface area (Å²) in [5.74, 6) is -1.52. The predicted octanol–water partition coefficient (Wildman–Crippen LogP) is 9.87. The summed E-state index contributed by atoms with van der Waals surface area (Å²) < 4.78 is 12.2. The number of aliphatic hydroxyl groups is 2. The van der Waals surface area contributed by atoms with Gasteiger partial charge in [-0.05, 0) is 140 Å². The van der Waals surface area contributed by atoms with Crippen LogP contribution in [0.4, 0.5) is 11.4 Å². The van der Waals surface area contributed by atoms with Crippen molar-refractivity contribution in [3.8, 4) is 11.5 Å². The van der Waals surface area contributed by atoms with E-state index in [4.69, 9.17) is 20.9 Å². The molecule has 0 aromatic heterocycles. The van der Waals surface area contributed by atoms with Gasteiger partial charge in [-0.15, -0.1) is 13.2 Å². The van der Waals surface area contributed by atoms with E-state index in [0.29, 0.717) is 36.3 Å². The normalized spacial score (nSPS) is 20.6. The molecule has 0 heterocycles. The van der Waals surface area contributed by atoms with E-state index >= 15 is 0 Å². The molecule has 1 unspecified atom stereocenters. The maximum absolute atomic E-state index is 13.4. The van der Waals surface area contributed by atoms with Gasteiger partial charge >= 0.3 is 0 Å². The lowest BCUT2D eigenvalue weighted by Gasteiger charge is -2.30. The third kappa shape index (κ3) is 13.3. The van der Waals surface area contributed by atoms with Crippen LogP contribution in [0.25, 0.3) is 12.2 Å². The number of allylic oxidation sites excluding steroid dienone is 3. The van der Waals surface area contributed by atoms with Gasteiger partial charge in [-0.1, -0.05) is 80.3 Å². The monoisotopic (exact) mass is 774 g/mol. The molecule has 2 aliphatic carbocycles. The molecule has 5 rings (SSSR count). The zero-order chi connectivity index (χ0) is 40.6. The molecule has 1 atom stereocenters. The molecule has 2 fully saturated rings. The molecule has 2 saturated carbocycles. The van der Waals surface area contributed by atoms with E-state index in [1.54, 1.807) is 12.1 Å². The van der Waals surface area contributed by atoms with Crippen LogP contribution in [-0.4, -0.2) is 40.8 Å². The van der Waals surface area contributed by atoms with Gasteiger partial charge in [0.1, 0.15) is 11.5 Å². The Morgan fingerprint density at radius 2 is 1.14 bits per heavy atom. The fraction of sp³-hybridized carbons (Fsp3) is 0.429. The third-order valence-corrected chi connectivity index (χ3v) is 11.9. The number of nitrogens with two attached hydrogens (primary N) is 2. The van der Waals surface area contributed by atoms with Crippen LogP contribution in [0.15, 0.2) is 104 Å². The van der Waals surface area contributed by atoms with Gasteiger partial charge in [0, 0.05) is 17.8 Å². The molecular weight excluding hydrogens is 713 g/mol. The van der Waals surface area contributed by atoms with Crippen LogP contribution in [0, 0.1) is 23.7 Å². The lowest BCUT2D eigenvalue weighted by Crippen LogP contribution is -2.44. The molecule has 0 bridgehead atoms. The van der Waals surface area contributed by atoms with E-state index in [2.05, 4.69) is 13.2 Å². The largest absolute Gasteiger partial charge is 0.493 e. The van der Waals surface area contributed by atoms with Crippen molar-refractivity contribution in [1.29, 1.82) is 0 Å². The molecule has 0 aliphatic heterocycles. The molecule has 3 aromatic rings. The maximum Gasteiger partial charge on any atom is 0.235 e. The van der Waals surface area contributed by atoms with E-state index in [-0.39, 0.29) is 11.3 Å². The SMILES string of the molecule is C=CCCC1CCC(COc2ccc(C=CC(=O)CC(c3ccc(N)cc3N)C(O)(O)C(=O)C=Cc3ccc(OCC4CCC(CCC=C)CC4)cc3)cc2)CC1. The second-order valence-corrected chi connectivity index (χ2v) is 16.1. The number of ketones is 2. The van der Waals surface area contributed by atoms with Gasteiger partial charge in [0.25, 0.3) is 0 Å². The summed E-state index contributed by atoms with van der Waals surface area (Å²) in [4.78, 5) is 26.8. The van der Waals surface area contributed by atoms with Gasteiger partial charge < -0.3 is 31.2 Å². The number of hydrogen-bond acceptors (Lipinski definition) is 8. The number of carbonyl (C=O) groups excluding carboxylic acids is 2. The maximum atomic E-state index is 13.4. The van der Waals surface area contributed by atoms with Crippen molar-refractivity contribution in [2.24, 2.45) is 23.7 Å². The van der Waals surface area contributed by atoms with Crippen LogP contribution in [0.1, 0.15) is 106 Å². The van der Waals surface area contributed by atoms with Gasteiger partial charge in [-0.2, -0.15) is 0 Å². The van der Waals surface area contributed by atoms with Crippen LogP contribution in [0.2, 0.25) is 0 Å². The topological polar surface area (TPSA) is 145 Å². The quantitative estimate of drug-likeness (QED) is 0.0362. The highest BCUT2D eigenvalue weighted by Crippen LogP contribution is 2.37. The molecule has 2 aliphatic rings. The Hall–Kier alpha value is -4.92. The minimum absolute atomic E-state index is 0.147. The van der Waals surface area contributed by atoms with Crippen molar-refractivity contribution in [2.75, 3.05) is 24.7 Å². The van der Waals surface area contributed by atoms with Crippen LogP contribution in [0.5, 0.6) is 11.5 Å². The number of nitrogen functional groups attached to an aromatic ring is 2. The zero-order valence-electron chi connectivity index (χ0n) is 33.4. The summed E-state index contributed by atoms with van der Waals surface area (Å²) >= 11 is 0. The summed E-state index contributed by atoms with van der Waals surface area (Å²) in [6, 6.07) is 19.3. The van der Waals surface area contributed by atoms with E-state index in [1.165, 1.54) is 88.5 Å². The molecule has 3 aromatic carbocycles. The van der Waals surface area contributed by atoms with Crippen LogP contribution >= 0.6 is 0 Å². The number of anilines is 2. The van der Waals surface area contributed by atoms with Crippen LogP contribution < -0.4 is 20.9 Å². The Balaban J connectivity index is 1.15. The first-order valence-electron chi connectivity index (χ1n) is 20.7. The first kappa shape index (κ1) is 43.2. The first-order chi connectivity index (χ1) is 27.5. The van der Waals surface area contributed by atoms with Gasteiger partial charge in [0.2, 0.25) is 11.6 Å². The minimum Gasteiger partial charge on any atom is -0.493 e. The minimum atomic E-state index is -2.94. The zero-order valence-corrected chi connectivity index (χ0v) is 33.4. The van der Waals surface area contributed by atoms with E-state index < -0.39 is 29.7 Å². The lowest BCUT2D eigenvalue weighted by atomic mass is 9.80. The standard InChI is InChI=1S/C49H62N2O6/c1-3-5-7-35-9-13-39(14-10-35)33-56-43-25-18-37(19-26-43)17-24-42(52)32-46(45-29-23-41(50)31-47(45)51)49(54,55)48(53)30-22-38-20-27-44(28-21-38)57-34-40-15-11-36(12-16-40)8-6-4-2/h3-4,17-31,35-36,39-40,46,54-55H,1-2,5-16,32-34,50-51H2. The fourth-order valence-electron chi connectivity index (χ4n) is 8.16. The van der Waals surface area contributed by atoms with Crippen molar-refractivity contribution in [1.82, 2.24) is 0 Å². The van der Waals surface area contributed by atoms with Crippen molar-refractivity contribution in [3.63, 3.8) is 0 Å². The molecule has 0 radical (unpaired) electrons. The highest BCUT2D eigenvalue weighted by atomic mass is 16.5. The molecule has 6 N–H and O–H groups in total. The van der Waals surface area contributed by atoms with E-state index in [1.807, 2.05) is 60.7 Å². The number of ether oxygens (including phenoxy) is 2. The molecule has 8 nitrogen and oxygen atoms in total. The average molecular weight is 775 g/mol. The number of hydrogen-bond donors (Lipinski definition) is 4. The van der Waals surface area contributed by atoms with E-state index in [0.717, 1.165) is 47.8 Å². The molecule has 0 amide bonds. The van der Waals surface area contributed by atoms with Crippen molar-refractivity contribution in [3.05, 3.63) is 121 Å². The second kappa shape index (κ2) is 21.6. The van der Waals surface area contributed by atoms with Crippen LogP contribution in [0.3, 0.4) is 0 Å². The molecule has 57 heavy (non-hydrogen) atoms. The molecule has 0 spiro atoms. The number of rotatable bonds is 21. The average Bonchev–Trinajstić information content (AvgIpc) is 3.22. The van der Waals surface area contributed by atoms with Crippen molar-refractivity contribution >= 4 is 35.1 Å². The lowest BCUT2D eigenvalue weighted by molar-refractivity contribution is -0.187. The Morgan fingerprint density at radius 3 is 1.60 bits per heavy atom. The number of carbonyl (C=O) groups is 2. The van der Waals surface area contributed by atoms with Gasteiger partial charge in [0.05, 0.1) is 19.1 Å². The highest BCUT2D eigenvalue weighted by molar-refractivity contribution is 6.01. The molecule has 8 heteroatoms. The molecule has 0 saturated heterocycles. The highest BCUT2D eigenvalue weighted by Gasteiger charge is 2.43. The molecule has 304 valence electrons. The second-order valence-electron chi connectivity index (χ2n) is 16.1. The summed E-state index contributed by atoms with van der Waals surface area (Å²) in [6.45, 7) is 9.04. The summed E-state index contributed by atoms with van der Waals surface area (Å²) in [5, 5.41) is 22.7. The number of benzene rings is 3. The van der Waals surface area contributed by atoms with E-state index in [9.17, 15) is 19.8 Å². The smallest absolute Gasteiger partial charge is 0.235 e. The summed E-state index contributed by atoms with van der Waals surface area (Å²) in [6.07, 6.45) is 23.5. The predicted molar refractivity (Wildman–Crippen MR) is 232 cm³/mol. The van der Waals surface area contributed by atoms with Gasteiger partial charge in [-0.3, -0.25) is 9.59 Å². The van der Waals surface area contributed by atoms with Crippen molar-refractivity contribution in [2.45, 2.75) is 95.2 Å². The van der Waals surface area contributed by atoms with Crippen LogP contribution in [-0.2, 0) is 9.59 Å². The first-order valence-corrected chi connectivity index (χ1v) is 20.7. The summed E-state index contributed by atoms with van der Waals surface area (Å²) in [7, 11) is 0. The Bertz CT molecular complexity index is 1810. The molecular formula is C49H62N2O6. The van der Waals surface area contributed by atoms with Crippen molar-refractivity contribution < 1.29 is 29.3 Å². The Labute approximate surface area is 339 Å².